The van der Waals surface area contributed by atoms with E-state index >= 15 is 0 Å². The van der Waals surface area contributed by atoms with Crippen LogP contribution in [0.25, 0.3) is 0 Å². The van der Waals surface area contributed by atoms with Gasteiger partial charge in [0.25, 0.3) is 17.7 Å². The lowest BCUT2D eigenvalue weighted by Crippen LogP contribution is -2.54. The van der Waals surface area contributed by atoms with Crippen molar-refractivity contribution in [2.75, 3.05) is 13.2 Å². The molecule has 30 heavy (non-hydrogen) atoms. The van der Waals surface area contributed by atoms with Crippen LogP contribution in [0.1, 0.15) is 43.0 Å². The minimum absolute atomic E-state index is 0.0253. The Bertz CT molecular complexity index is 858. The van der Waals surface area contributed by atoms with Crippen LogP contribution >= 0.6 is 0 Å². The van der Waals surface area contributed by atoms with Crippen LogP contribution in [0.2, 0.25) is 0 Å². The number of urea groups is 1. The predicted molar refractivity (Wildman–Crippen MR) is 104 cm³/mol. The molecule has 1 aliphatic heterocycles. The number of benzene rings is 1. The molecule has 160 valence electrons. The average molecular weight is 416 g/mol. The summed E-state index contributed by atoms with van der Waals surface area (Å²) in [4.78, 5) is 61.5. The third-order valence-electron chi connectivity index (χ3n) is 5.50. The number of carbonyl (C=O) groups excluding carboxylic acids is 5. The molecule has 0 bridgehead atoms. The van der Waals surface area contributed by atoms with Crippen LogP contribution in [0.3, 0.4) is 0 Å². The summed E-state index contributed by atoms with van der Waals surface area (Å²) in [5, 5.41) is 2.74. The molecule has 1 aliphatic carbocycles. The number of hydrogen-bond donors (Lipinski definition) is 3. The van der Waals surface area contributed by atoms with Gasteiger partial charge in [0.05, 0.1) is 0 Å². The first-order chi connectivity index (χ1) is 14.3. The fraction of sp³-hybridized carbons (Fsp3) is 0.450. The fourth-order valence-corrected chi connectivity index (χ4v) is 3.78. The Morgan fingerprint density at radius 3 is 2.60 bits per heavy atom. The number of imide groups is 1. The molecular formula is C20H24N4O6. The van der Waals surface area contributed by atoms with Gasteiger partial charge in [0.15, 0.2) is 6.61 Å². The molecule has 1 saturated carbocycles. The topological polar surface area (TPSA) is 134 Å². The molecule has 10 heteroatoms. The zero-order chi connectivity index (χ0) is 21.7. The van der Waals surface area contributed by atoms with Crippen molar-refractivity contribution in [3.63, 3.8) is 0 Å². The van der Waals surface area contributed by atoms with Crippen LogP contribution in [0, 0.1) is 5.92 Å². The number of ether oxygens (including phenoxy) is 1. The molecule has 3 N–H and O–H groups in total. The summed E-state index contributed by atoms with van der Waals surface area (Å²) >= 11 is 0. The second kappa shape index (κ2) is 8.93. The monoisotopic (exact) mass is 416 g/mol. The maximum Gasteiger partial charge on any atom is 0.326 e. The minimum atomic E-state index is -0.964. The van der Waals surface area contributed by atoms with Crippen LogP contribution in [0.5, 0.6) is 0 Å². The van der Waals surface area contributed by atoms with Gasteiger partial charge >= 0.3 is 12.0 Å². The Hall–Kier alpha value is -3.43. The van der Waals surface area contributed by atoms with Gasteiger partial charge in [-0.05, 0) is 30.9 Å². The van der Waals surface area contributed by atoms with Crippen LogP contribution in [-0.2, 0) is 19.1 Å². The first-order valence-corrected chi connectivity index (χ1v) is 9.77. The van der Waals surface area contributed by atoms with Gasteiger partial charge in [0, 0.05) is 5.56 Å². The second-order valence-corrected chi connectivity index (χ2v) is 7.47. The summed E-state index contributed by atoms with van der Waals surface area (Å²) in [6, 6.07) is 7.60. The summed E-state index contributed by atoms with van der Waals surface area (Å²) < 4.78 is 4.83. The molecule has 1 heterocycles. The largest absolute Gasteiger partial charge is 0.454 e. The van der Waals surface area contributed by atoms with Crippen molar-refractivity contribution in [3.05, 3.63) is 35.9 Å². The lowest BCUT2D eigenvalue weighted by molar-refractivity contribution is -0.151. The molecule has 0 aromatic heterocycles. The summed E-state index contributed by atoms with van der Waals surface area (Å²) in [6.45, 7) is 0.662. The van der Waals surface area contributed by atoms with Crippen molar-refractivity contribution in [1.82, 2.24) is 21.1 Å². The fourth-order valence-electron chi connectivity index (χ4n) is 3.78. The Kier molecular flexibility index (Phi) is 6.34. The highest BCUT2D eigenvalue weighted by molar-refractivity contribution is 6.09. The highest BCUT2D eigenvalue weighted by atomic mass is 16.5. The van der Waals surface area contributed by atoms with Crippen molar-refractivity contribution in [2.24, 2.45) is 5.92 Å². The van der Waals surface area contributed by atoms with E-state index in [1.807, 2.05) is 6.92 Å². The molecule has 10 nitrogen and oxygen atoms in total. The van der Waals surface area contributed by atoms with Gasteiger partial charge in [-0.3, -0.25) is 34.9 Å². The smallest absolute Gasteiger partial charge is 0.326 e. The van der Waals surface area contributed by atoms with E-state index in [1.165, 1.54) is 0 Å². The maximum atomic E-state index is 12.8. The Balaban J connectivity index is 1.45. The summed E-state index contributed by atoms with van der Waals surface area (Å²) in [5.41, 5.74) is 3.70. The van der Waals surface area contributed by atoms with E-state index in [1.54, 1.807) is 30.3 Å². The minimum Gasteiger partial charge on any atom is -0.454 e. The molecule has 0 radical (unpaired) electrons. The van der Waals surface area contributed by atoms with Gasteiger partial charge < -0.3 is 10.1 Å². The van der Waals surface area contributed by atoms with E-state index in [4.69, 9.17) is 4.74 Å². The zero-order valence-electron chi connectivity index (χ0n) is 16.6. The average Bonchev–Trinajstić information content (AvgIpc) is 2.98. The van der Waals surface area contributed by atoms with Gasteiger partial charge in [-0.1, -0.05) is 38.0 Å². The Morgan fingerprint density at radius 1 is 1.17 bits per heavy atom. The van der Waals surface area contributed by atoms with E-state index in [2.05, 4.69) is 16.2 Å². The zero-order valence-corrected chi connectivity index (χ0v) is 16.6. The number of nitrogens with zero attached hydrogens (tertiary/aromatic N) is 1. The van der Waals surface area contributed by atoms with Crippen molar-refractivity contribution in [2.45, 2.75) is 38.1 Å². The standard InChI is InChI=1S/C20H24N4O6/c1-13-7-5-6-10-20(13)18(28)24(19(29)21-20)11-16(26)30-12-15(25)22-23-17(27)14-8-3-2-4-9-14/h2-4,8-9,13H,5-7,10-12H2,1H3,(H,21,29)(H,22,25)(H,23,27)/t13-,20+/m1/s1. The predicted octanol–water partition coefficient (Wildman–Crippen LogP) is 0.492. The van der Waals surface area contributed by atoms with Crippen LogP contribution in [0.4, 0.5) is 4.79 Å². The van der Waals surface area contributed by atoms with Crippen LogP contribution in [0.15, 0.2) is 30.3 Å². The van der Waals surface area contributed by atoms with E-state index in [-0.39, 0.29) is 5.92 Å². The number of carbonyl (C=O) groups is 5. The van der Waals surface area contributed by atoms with Crippen molar-refractivity contribution < 1.29 is 28.7 Å². The number of hydrogen-bond acceptors (Lipinski definition) is 6. The lowest BCUT2D eigenvalue weighted by atomic mass is 9.73. The normalized spacial score (nSPS) is 23.1. The van der Waals surface area contributed by atoms with Gasteiger partial charge in [-0.25, -0.2) is 4.79 Å². The molecule has 5 amide bonds. The number of hydrazine groups is 1. The Labute approximate surface area is 173 Å². The molecule has 1 saturated heterocycles. The number of nitrogens with one attached hydrogen (secondary N) is 3. The summed E-state index contributed by atoms with van der Waals surface area (Å²) in [6.07, 6.45) is 3.17. The van der Waals surface area contributed by atoms with Crippen molar-refractivity contribution >= 4 is 29.7 Å². The third kappa shape index (κ3) is 4.42. The molecule has 3 rings (SSSR count). The number of amides is 5. The first kappa shape index (κ1) is 21.3. The SMILES string of the molecule is C[C@@H]1CCCC[C@]12NC(=O)N(CC(=O)OCC(=O)NNC(=O)c1ccccc1)C2=O. The maximum absolute atomic E-state index is 12.8. The van der Waals surface area contributed by atoms with E-state index < -0.39 is 48.4 Å². The van der Waals surface area contributed by atoms with Crippen LogP contribution in [-0.4, -0.2) is 53.3 Å². The molecule has 2 atom stereocenters. The van der Waals surface area contributed by atoms with Crippen LogP contribution < -0.4 is 16.2 Å². The Morgan fingerprint density at radius 2 is 1.90 bits per heavy atom. The van der Waals surface area contributed by atoms with E-state index in [0.29, 0.717) is 12.0 Å². The van der Waals surface area contributed by atoms with E-state index in [0.717, 1.165) is 24.2 Å². The molecule has 2 fully saturated rings. The highest BCUT2D eigenvalue weighted by Gasteiger charge is 2.55. The quantitative estimate of drug-likeness (QED) is 0.363. The first-order valence-electron chi connectivity index (χ1n) is 9.77. The molecular weight excluding hydrogens is 392 g/mol. The van der Waals surface area contributed by atoms with Gasteiger partial charge in [0.2, 0.25) is 0 Å². The van der Waals surface area contributed by atoms with E-state index in [9.17, 15) is 24.0 Å². The van der Waals surface area contributed by atoms with Gasteiger partial charge in [-0.15, -0.1) is 0 Å². The molecule has 1 aromatic rings. The second-order valence-electron chi connectivity index (χ2n) is 7.47. The van der Waals surface area contributed by atoms with Gasteiger partial charge in [0.1, 0.15) is 12.1 Å². The molecule has 1 spiro atoms. The summed E-state index contributed by atoms with van der Waals surface area (Å²) in [7, 11) is 0. The highest BCUT2D eigenvalue weighted by Crippen LogP contribution is 2.38. The third-order valence-corrected chi connectivity index (χ3v) is 5.50. The van der Waals surface area contributed by atoms with Gasteiger partial charge in [-0.2, -0.15) is 0 Å². The molecule has 2 aliphatic rings. The van der Waals surface area contributed by atoms with Crippen molar-refractivity contribution in [3.8, 4) is 0 Å². The lowest BCUT2D eigenvalue weighted by Gasteiger charge is -2.36. The molecule has 1 aromatic carbocycles. The number of rotatable bonds is 5. The van der Waals surface area contributed by atoms with Crippen molar-refractivity contribution in [1.29, 1.82) is 0 Å². The summed E-state index contributed by atoms with van der Waals surface area (Å²) in [5.74, 6) is -2.65. The molecule has 0 unspecified atom stereocenters. The number of esters is 1.